The van der Waals surface area contributed by atoms with Crippen LogP contribution in [0.15, 0.2) is 18.2 Å². The van der Waals surface area contributed by atoms with Gasteiger partial charge in [-0.15, -0.1) is 0 Å². The van der Waals surface area contributed by atoms with Gasteiger partial charge in [-0.05, 0) is 18.4 Å². The molecule has 4 nitrogen and oxygen atoms in total. The van der Waals surface area contributed by atoms with Crippen molar-refractivity contribution in [2.75, 3.05) is 0 Å². The van der Waals surface area contributed by atoms with Crippen molar-refractivity contribution in [2.45, 2.75) is 19.4 Å². The van der Waals surface area contributed by atoms with Crippen molar-refractivity contribution < 1.29 is 14.7 Å². The number of carbonyl (C=O) groups is 2. The molecule has 2 aromatic rings. The minimum absolute atomic E-state index is 0.127. The number of rotatable bonds is 2. The zero-order valence-electron chi connectivity index (χ0n) is 9.14. The van der Waals surface area contributed by atoms with Gasteiger partial charge in [0.1, 0.15) is 5.69 Å². The van der Waals surface area contributed by atoms with E-state index in [4.69, 9.17) is 0 Å². The van der Waals surface area contributed by atoms with Gasteiger partial charge in [0, 0.05) is 11.9 Å². The van der Waals surface area contributed by atoms with Gasteiger partial charge in [0.25, 0.3) is 0 Å². The Labute approximate surface area is 97.5 Å². The molecule has 0 saturated heterocycles. The van der Waals surface area contributed by atoms with Crippen LogP contribution in [0.4, 0.5) is 0 Å². The lowest BCUT2D eigenvalue weighted by molar-refractivity contribution is 0.0682. The summed E-state index contributed by atoms with van der Waals surface area (Å²) in [7, 11) is 0. The second kappa shape index (κ2) is 3.45. The van der Waals surface area contributed by atoms with Crippen LogP contribution in [0.2, 0.25) is 0 Å². The van der Waals surface area contributed by atoms with Gasteiger partial charge < -0.3 is 9.67 Å². The number of benzene rings is 1. The third-order valence-corrected chi connectivity index (χ3v) is 3.35. The molecule has 17 heavy (non-hydrogen) atoms. The van der Waals surface area contributed by atoms with E-state index in [0.717, 1.165) is 29.3 Å². The second-order valence-corrected chi connectivity index (χ2v) is 4.25. The van der Waals surface area contributed by atoms with Crippen LogP contribution in [0, 0.1) is 0 Å². The minimum atomic E-state index is -1.03. The lowest BCUT2D eigenvalue weighted by Gasteiger charge is -2.16. The fourth-order valence-electron chi connectivity index (χ4n) is 2.72. The van der Waals surface area contributed by atoms with E-state index in [1.54, 1.807) is 4.57 Å². The van der Waals surface area contributed by atoms with E-state index >= 15 is 0 Å². The lowest BCUT2D eigenvalue weighted by atomic mass is 10.0. The summed E-state index contributed by atoms with van der Waals surface area (Å²) in [5.41, 5.74) is 2.47. The van der Waals surface area contributed by atoms with Crippen molar-refractivity contribution in [1.82, 2.24) is 4.57 Å². The quantitative estimate of drug-likeness (QED) is 0.802. The van der Waals surface area contributed by atoms with Crippen LogP contribution in [0.25, 0.3) is 10.9 Å². The zero-order chi connectivity index (χ0) is 12.0. The molecule has 0 bridgehead atoms. The predicted molar refractivity (Wildman–Crippen MR) is 62.6 cm³/mol. The number of carboxylic acids is 1. The molecular formula is C13H11NO3. The Morgan fingerprint density at radius 2 is 2.24 bits per heavy atom. The number of nitrogens with zero attached hydrogens (tertiary/aromatic N) is 1. The molecule has 0 spiro atoms. The maximum absolute atomic E-state index is 11.3. The predicted octanol–water partition coefficient (Wildman–Crippen LogP) is 2.10. The lowest BCUT2D eigenvalue weighted by Crippen LogP contribution is -2.14. The first-order chi connectivity index (χ1) is 8.24. The Balaban J connectivity index is 2.52. The third kappa shape index (κ3) is 1.24. The van der Waals surface area contributed by atoms with E-state index in [2.05, 4.69) is 0 Å². The molecule has 86 valence electrons. The summed E-state index contributed by atoms with van der Waals surface area (Å²) in [6.45, 7) is 0.670. The fourth-order valence-corrected chi connectivity index (χ4v) is 2.72. The van der Waals surface area contributed by atoms with Gasteiger partial charge in [-0.1, -0.05) is 18.2 Å². The molecule has 1 aromatic heterocycles. The minimum Gasteiger partial charge on any atom is -0.477 e. The number of para-hydroxylation sites is 1. The molecule has 3 rings (SSSR count). The van der Waals surface area contributed by atoms with Crippen LogP contribution in [0.5, 0.6) is 0 Å². The van der Waals surface area contributed by atoms with Crippen LogP contribution in [0.1, 0.15) is 32.8 Å². The molecule has 0 aliphatic carbocycles. The number of hydrogen-bond donors (Lipinski definition) is 1. The van der Waals surface area contributed by atoms with E-state index in [-0.39, 0.29) is 5.69 Å². The highest BCUT2D eigenvalue weighted by Gasteiger charge is 2.25. The van der Waals surface area contributed by atoms with Crippen molar-refractivity contribution in [1.29, 1.82) is 0 Å². The summed E-state index contributed by atoms with van der Waals surface area (Å²) < 4.78 is 1.76. The second-order valence-electron chi connectivity index (χ2n) is 4.25. The Kier molecular flexibility index (Phi) is 2.04. The average molecular weight is 229 g/mol. The summed E-state index contributed by atoms with van der Waals surface area (Å²) in [4.78, 5) is 22.4. The van der Waals surface area contributed by atoms with Gasteiger partial charge in [0.2, 0.25) is 0 Å². The molecular weight excluding hydrogens is 218 g/mol. The monoisotopic (exact) mass is 229 g/mol. The van der Waals surface area contributed by atoms with Crippen LogP contribution >= 0.6 is 0 Å². The summed E-state index contributed by atoms with van der Waals surface area (Å²) in [6, 6.07) is 5.70. The van der Waals surface area contributed by atoms with Crippen molar-refractivity contribution in [3.8, 4) is 0 Å². The molecule has 0 amide bonds. The van der Waals surface area contributed by atoms with Gasteiger partial charge >= 0.3 is 5.97 Å². The van der Waals surface area contributed by atoms with E-state index in [1.807, 2.05) is 18.2 Å². The standard InChI is InChI=1S/C13H11NO3/c15-7-10-9-5-1-3-8-4-2-6-14(11(8)9)12(10)13(16)17/h1,3,5,7H,2,4,6H2,(H,16,17). The first kappa shape index (κ1) is 10.1. The Bertz CT molecular complexity index is 640. The number of hydrogen-bond acceptors (Lipinski definition) is 2. The summed E-state index contributed by atoms with van der Waals surface area (Å²) >= 11 is 0. The van der Waals surface area contributed by atoms with Crippen LogP contribution in [0.3, 0.4) is 0 Å². The SMILES string of the molecule is O=Cc1c(C(=O)O)n2c3c(cccc13)CCC2. The van der Waals surface area contributed by atoms with Gasteiger partial charge in [0.05, 0.1) is 11.1 Å². The molecule has 4 heteroatoms. The summed E-state index contributed by atoms with van der Waals surface area (Å²) in [5, 5.41) is 10.0. The maximum Gasteiger partial charge on any atom is 0.353 e. The zero-order valence-corrected chi connectivity index (χ0v) is 9.14. The Morgan fingerprint density at radius 1 is 1.41 bits per heavy atom. The average Bonchev–Trinajstić information content (AvgIpc) is 2.66. The highest BCUT2D eigenvalue weighted by atomic mass is 16.4. The van der Waals surface area contributed by atoms with Gasteiger partial charge in [0.15, 0.2) is 6.29 Å². The normalized spacial score (nSPS) is 13.9. The number of aryl methyl sites for hydroxylation is 2. The molecule has 0 saturated carbocycles. The number of aldehydes is 1. The molecule has 0 fully saturated rings. The highest BCUT2D eigenvalue weighted by molar-refractivity contribution is 6.09. The molecule has 0 radical (unpaired) electrons. The number of aromatic nitrogens is 1. The van der Waals surface area contributed by atoms with Gasteiger partial charge in [-0.2, -0.15) is 0 Å². The van der Waals surface area contributed by atoms with Gasteiger partial charge in [-0.3, -0.25) is 4.79 Å². The molecule has 1 aromatic carbocycles. The van der Waals surface area contributed by atoms with Crippen molar-refractivity contribution in [3.63, 3.8) is 0 Å². The van der Waals surface area contributed by atoms with Crippen LogP contribution < -0.4 is 0 Å². The molecule has 0 atom stereocenters. The molecule has 1 N–H and O–H groups in total. The first-order valence-electron chi connectivity index (χ1n) is 5.56. The Morgan fingerprint density at radius 3 is 2.94 bits per heavy atom. The van der Waals surface area contributed by atoms with Crippen molar-refractivity contribution >= 4 is 23.2 Å². The summed E-state index contributed by atoms with van der Waals surface area (Å²) in [5.74, 6) is -1.03. The van der Waals surface area contributed by atoms with E-state index in [0.29, 0.717) is 18.4 Å². The van der Waals surface area contributed by atoms with E-state index < -0.39 is 5.97 Å². The van der Waals surface area contributed by atoms with E-state index in [9.17, 15) is 14.7 Å². The molecule has 2 heterocycles. The number of carboxylic acid groups (broad SMARTS) is 1. The number of aromatic carboxylic acids is 1. The first-order valence-corrected chi connectivity index (χ1v) is 5.56. The molecule has 1 aliphatic rings. The smallest absolute Gasteiger partial charge is 0.353 e. The Hall–Kier alpha value is -2.10. The number of carbonyl (C=O) groups excluding carboxylic acids is 1. The van der Waals surface area contributed by atoms with Crippen molar-refractivity contribution in [3.05, 3.63) is 35.0 Å². The topological polar surface area (TPSA) is 59.3 Å². The van der Waals surface area contributed by atoms with Crippen LogP contribution in [-0.4, -0.2) is 21.9 Å². The van der Waals surface area contributed by atoms with Gasteiger partial charge in [-0.25, -0.2) is 4.79 Å². The van der Waals surface area contributed by atoms with Crippen LogP contribution in [-0.2, 0) is 13.0 Å². The maximum atomic E-state index is 11.3. The third-order valence-electron chi connectivity index (χ3n) is 3.35. The fraction of sp³-hybridized carbons (Fsp3) is 0.231. The molecule has 0 unspecified atom stereocenters. The van der Waals surface area contributed by atoms with E-state index in [1.165, 1.54) is 0 Å². The largest absolute Gasteiger partial charge is 0.477 e. The van der Waals surface area contributed by atoms with Crippen molar-refractivity contribution in [2.24, 2.45) is 0 Å². The molecule has 1 aliphatic heterocycles. The summed E-state index contributed by atoms with van der Waals surface area (Å²) in [6.07, 6.45) is 2.51. The highest BCUT2D eigenvalue weighted by Crippen LogP contribution is 2.31.